The van der Waals surface area contributed by atoms with Crippen molar-refractivity contribution >= 4 is 39.3 Å². The van der Waals surface area contributed by atoms with E-state index in [1.54, 1.807) is 39.8 Å². The molecule has 2 rings (SSSR count). The van der Waals surface area contributed by atoms with E-state index in [-0.39, 0.29) is 4.88 Å². The molecule has 1 aromatic carbocycles. The summed E-state index contributed by atoms with van der Waals surface area (Å²) >= 11 is 1.10. The molecule has 8 heteroatoms. The Labute approximate surface area is 154 Å². The summed E-state index contributed by atoms with van der Waals surface area (Å²) in [5, 5.41) is 5.06. The molecule has 0 unspecified atom stereocenters. The van der Waals surface area contributed by atoms with E-state index in [4.69, 9.17) is 4.74 Å². The summed E-state index contributed by atoms with van der Waals surface area (Å²) < 4.78 is 19.7. The molecule has 3 amide bonds. The lowest BCUT2D eigenvalue weighted by Crippen LogP contribution is -2.50. The van der Waals surface area contributed by atoms with Crippen molar-refractivity contribution in [3.05, 3.63) is 34.5 Å². The standard InChI is InChI=1S/C18H21FN2O4S/c1-9-13-11(19)7-6-8-12(13)26-14(9)16(23)25-10(2)15(22)20-17(24)21-18(3,4)5/h6-8,10H,1-5H3,(H2,20,21,22,24)/t10-/m1/s1. The molecule has 26 heavy (non-hydrogen) atoms. The molecule has 6 nitrogen and oxygen atoms in total. The van der Waals surface area contributed by atoms with Crippen LogP contribution in [0.5, 0.6) is 0 Å². The maximum atomic E-state index is 13.9. The molecule has 0 aliphatic heterocycles. The highest BCUT2D eigenvalue weighted by atomic mass is 32.1. The molecule has 1 aromatic heterocycles. The van der Waals surface area contributed by atoms with Gasteiger partial charge in [-0.1, -0.05) is 6.07 Å². The van der Waals surface area contributed by atoms with E-state index in [9.17, 15) is 18.8 Å². The van der Waals surface area contributed by atoms with Crippen LogP contribution in [0.1, 0.15) is 42.9 Å². The maximum Gasteiger partial charge on any atom is 0.349 e. The Bertz CT molecular complexity index is 870. The first-order valence-electron chi connectivity index (χ1n) is 8.01. The van der Waals surface area contributed by atoms with Crippen molar-refractivity contribution in [3.8, 4) is 0 Å². The number of esters is 1. The Morgan fingerprint density at radius 2 is 1.88 bits per heavy atom. The molecule has 140 valence electrons. The van der Waals surface area contributed by atoms with Crippen LogP contribution in [0.25, 0.3) is 10.1 Å². The highest BCUT2D eigenvalue weighted by Crippen LogP contribution is 2.33. The number of aryl methyl sites for hydroxylation is 1. The van der Waals surface area contributed by atoms with Crippen LogP contribution in [0, 0.1) is 12.7 Å². The fourth-order valence-corrected chi connectivity index (χ4v) is 3.41. The fourth-order valence-electron chi connectivity index (χ4n) is 2.30. The molecule has 0 fully saturated rings. The van der Waals surface area contributed by atoms with Gasteiger partial charge in [0.2, 0.25) is 0 Å². The first-order chi connectivity index (χ1) is 12.0. The van der Waals surface area contributed by atoms with Gasteiger partial charge in [-0.25, -0.2) is 14.0 Å². The van der Waals surface area contributed by atoms with Gasteiger partial charge in [-0.2, -0.15) is 0 Å². The number of ether oxygens (including phenoxy) is 1. The number of carbonyl (C=O) groups excluding carboxylic acids is 3. The van der Waals surface area contributed by atoms with Gasteiger partial charge in [-0.3, -0.25) is 10.1 Å². The minimum atomic E-state index is -1.18. The first-order valence-corrected chi connectivity index (χ1v) is 8.83. The largest absolute Gasteiger partial charge is 0.448 e. The van der Waals surface area contributed by atoms with E-state index in [1.807, 2.05) is 0 Å². The fraction of sp³-hybridized carbons (Fsp3) is 0.389. The van der Waals surface area contributed by atoms with Gasteiger partial charge in [-0.15, -0.1) is 11.3 Å². The van der Waals surface area contributed by atoms with Crippen molar-refractivity contribution < 1.29 is 23.5 Å². The summed E-state index contributed by atoms with van der Waals surface area (Å²) in [5.74, 6) is -1.90. The number of thiophene rings is 1. The maximum absolute atomic E-state index is 13.9. The third-order valence-electron chi connectivity index (χ3n) is 3.47. The number of carbonyl (C=O) groups is 3. The summed E-state index contributed by atoms with van der Waals surface area (Å²) in [5.41, 5.74) is -0.0473. The molecule has 0 radical (unpaired) electrons. The number of imide groups is 1. The minimum Gasteiger partial charge on any atom is -0.448 e. The number of urea groups is 1. The lowest BCUT2D eigenvalue weighted by molar-refractivity contribution is -0.127. The van der Waals surface area contributed by atoms with Crippen LogP contribution in [0.15, 0.2) is 18.2 Å². The second-order valence-electron chi connectivity index (χ2n) is 6.91. The van der Waals surface area contributed by atoms with Gasteiger partial charge < -0.3 is 10.1 Å². The van der Waals surface area contributed by atoms with E-state index in [0.29, 0.717) is 15.6 Å². The summed E-state index contributed by atoms with van der Waals surface area (Å²) in [7, 11) is 0. The van der Waals surface area contributed by atoms with Crippen LogP contribution < -0.4 is 10.6 Å². The zero-order chi connectivity index (χ0) is 19.6. The van der Waals surface area contributed by atoms with Crippen molar-refractivity contribution in [2.24, 2.45) is 0 Å². The van der Waals surface area contributed by atoms with Crippen LogP contribution in [0.3, 0.4) is 0 Å². The Morgan fingerprint density at radius 1 is 1.23 bits per heavy atom. The lowest BCUT2D eigenvalue weighted by atomic mass is 10.1. The first kappa shape index (κ1) is 19.8. The molecule has 0 aliphatic rings. The number of rotatable bonds is 3. The number of fused-ring (bicyclic) bond motifs is 1. The van der Waals surface area contributed by atoms with Gasteiger partial charge in [0, 0.05) is 15.6 Å². The van der Waals surface area contributed by atoms with Crippen molar-refractivity contribution in [3.63, 3.8) is 0 Å². The number of benzene rings is 1. The van der Waals surface area contributed by atoms with Crippen molar-refractivity contribution in [1.82, 2.24) is 10.6 Å². The topological polar surface area (TPSA) is 84.5 Å². The van der Waals surface area contributed by atoms with Crippen LogP contribution >= 0.6 is 11.3 Å². The van der Waals surface area contributed by atoms with E-state index in [1.165, 1.54) is 13.0 Å². The molecule has 2 N–H and O–H groups in total. The van der Waals surface area contributed by atoms with Crippen molar-refractivity contribution in [2.75, 3.05) is 0 Å². The monoisotopic (exact) mass is 380 g/mol. The summed E-state index contributed by atoms with van der Waals surface area (Å²) in [6.07, 6.45) is -1.18. The Balaban J connectivity index is 2.07. The van der Waals surface area contributed by atoms with E-state index in [0.717, 1.165) is 11.3 Å². The molecule has 0 saturated carbocycles. The van der Waals surface area contributed by atoms with Crippen LogP contribution in [0.4, 0.5) is 9.18 Å². The van der Waals surface area contributed by atoms with Gasteiger partial charge >= 0.3 is 12.0 Å². The van der Waals surface area contributed by atoms with E-state index in [2.05, 4.69) is 10.6 Å². The molecule has 0 bridgehead atoms. The van der Waals surface area contributed by atoms with Gasteiger partial charge in [0.1, 0.15) is 10.7 Å². The number of nitrogens with one attached hydrogen (secondary N) is 2. The van der Waals surface area contributed by atoms with Gasteiger partial charge in [0.05, 0.1) is 0 Å². The van der Waals surface area contributed by atoms with Gasteiger partial charge in [0.15, 0.2) is 6.10 Å². The average molecular weight is 380 g/mol. The molecule has 1 heterocycles. The minimum absolute atomic E-state index is 0.226. The van der Waals surface area contributed by atoms with Crippen LogP contribution in [-0.4, -0.2) is 29.6 Å². The molecular weight excluding hydrogens is 359 g/mol. The predicted octanol–water partition coefficient (Wildman–Crippen LogP) is 3.52. The van der Waals surface area contributed by atoms with E-state index < -0.39 is 35.4 Å². The number of hydrogen-bond donors (Lipinski definition) is 2. The predicted molar refractivity (Wildman–Crippen MR) is 97.8 cm³/mol. The lowest BCUT2D eigenvalue weighted by Gasteiger charge is -2.21. The Kier molecular flexibility index (Phi) is 5.65. The average Bonchev–Trinajstić information content (AvgIpc) is 2.83. The number of hydrogen-bond acceptors (Lipinski definition) is 5. The molecule has 2 aromatic rings. The van der Waals surface area contributed by atoms with Crippen LogP contribution in [0.2, 0.25) is 0 Å². The van der Waals surface area contributed by atoms with Gasteiger partial charge in [-0.05, 0) is 52.3 Å². The quantitative estimate of drug-likeness (QED) is 0.798. The summed E-state index contributed by atoms with van der Waals surface area (Å²) in [6, 6.07) is 3.92. The van der Waals surface area contributed by atoms with Crippen LogP contribution in [-0.2, 0) is 9.53 Å². The smallest absolute Gasteiger partial charge is 0.349 e. The molecular formula is C18H21FN2O4S. The Morgan fingerprint density at radius 3 is 2.46 bits per heavy atom. The van der Waals surface area contributed by atoms with Gasteiger partial charge in [0.25, 0.3) is 5.91 Å². The second kappa shape index (κ2) is 7.41. The summed E-state index contributed by atoms with van der Waals surface area (Å²) in [4.78, 5) is 36.3. The molecule has 0 aliphatic carbocycles. The third kappa shape index (κ3) is 4.57. The number of halogens is 1. The molecule has 0 saturated heterocycles. The Hall–Kier alpha value is -2.48. The van der Waals surface area contributed by atoms with Crippen molar-refractivity contribution in [2.45, 2.75) is 46.3 Å². The SMILES string of the molecule is Cc1c(C(=O)O[C@H](C)C(=O)NC(=O)NC(C)(C)C)sc2cccc(F)c12. The zero-order valence-corrected chi connectivity index (χ0v) is 16.0. The molecule has 1 atom stereocenters. The summed E-state index contributed by atoms with van der Waals surface area (Å²) in [6.45, 7) is 8.29. The van der Waals surface area contributed by atoms with E-state index >= 15 is 0 Å². The highest BCUT2D eigenvalue weighted by molar-refractivity contribution is 7.21. The molecule has 0 spiro atoms. The zero-order valence-electron chi connectivity index (χ0n) is 15.2. The second-order valence-corrected chi connectivity index (χ2v) is 7.96. The third-order valence-corrected chi connectivity index (χ3v) is 4.70. The van der Waals surface area contributed by atoms with Crippen molar-refractivity contribution in [1.29, 1.82) is 0 Å². The highest BCUT2D eigenvalue weighted by Gasteiger charge is 2.25. The number of amides is 3. The normalized spacial score (nSPS) is 12.5.